The third kappa shape index (κ3) is 6.95. The van der Waals surface area contributed by atoms with Crippen molar-refractivity contribution in [2.75, 3.05) is 31.3 Å². The molecule has 0 bridgehead atoms. The van der Waals surface area contributed by atoms with Crippen LogP contribution in [-0.2, 0) is 16.0 Å². The molecule has 3 aromatic carbocycles. The van der Waals surface area contributed by atoms with E-state index in [1.165, 1.54) is 24.7 Å². The van der Waals surface area contributed by atoms with Crippen molar-refractivity contribution in [2.24, 2.45) is 0 Å². The average Bonchev–Trinajstić information content (AvgIpc) is 3.27. The number of hydrogen-bond donors (Lipinski definition) is 3. The molecule has 166 valence electrons. The quantitative estimate of drug-likeness (QED) is 0.240. The van der Waals surface area contributed by atoms with Crippen LogP contribution in [0.15, 0.2) is 77.7 Å². The molecule has 1 heterocycles. The zero-order chi connectivity index (χ0) is 22.6. The summed E-state index contributed by atoms with van der Waals surface area (Å²) >= 11 is 1.35. The first-order valence-electron chi connectivity index (χ1n) is 10.1. The van der Waals surface area contributed by atoms with Crippen LogP contribution in [0, 0.1) is 0 Å². The fourth-order valence-electron chi connectivity index (χ4n) is 2.88. The zero-order valence-electron chi connectivity index (χ0n) is 18.0. The molecule has 7 nitrogen and oxygen atoms in total. The van der Waals surface area contributed by atoms with Gasteiger partial charge in [0.05, 0.1) is 30.2 Å². The van der Waals surface area contributed by atoms with Gasteiger partial charge in [-0.25, -0.2) is 4.98 Å². The number of ether oxygens (including phenoxy) is 1. The first-order valence-corrected chi connectivity index (χ1v) is 10.8. The molecule has 0 aliphatic heterocycles. The number of methoxy groups -OCH3 is 1. The zero-order valence-corrected chi connectivity index (χ0v) is 18.8. The maximum absolute atomic E-state index is 8.95. The second-order valence-electron chi connectivity index (χ2n) is 6.70. The summed E-state index contributed by atoms with van der Waals surface area (Å²) in [6.07, 6.45) is 1.01. The standard InChI is InChI=1S/C22H22N4OS.C2H4O2/c1-23-22-25-20-12-9-18(15-21(20)26-22)27-28-19-10-7-17(8-11-19)24-14-13-16-5-3-2-4-6-16;1-4-2-3/h2-12,15,24H,13-14H2,1H3,(H2,23,25,26);2H,1H3. The number of carbonyl (C=O) groups excluding carboxylic acids is 1. The number of nitrogens with zero attached hydrogens (tertiary/aromatic N) is 1. The van der Waals surface area contributed by atoms with Gasteiger partial charge < -0.3 is 24.5 Å². The van der Waals surface area contributed by atoms with Gasteiger partial charge in [-0.05, 0) is 48.4 Å². The van der Waals surface area contributed by atoms with Crippen LogP contribution in [0.3, 0.4) is 0 Å². The number of anilines is 2. The highest BCUT2D eigenvalue weighted by atomic mass is 32.2. The van der Waals surface area contributed by atoms with Crippen molar-refractivity contribution in [1.29, 1.82) is 0 Å². The van der Waals surface area contributed by atoms with Gasteiger partial charge in [-0.2, -0.15) is 0 Å². The largest absolute Gasteiger partial charge is 0.471 e. The highest BCUT2D eigenvalue weighted by Crippen LogP contribution is 2.27. The van der Waals surface area contributed by atoms with Crippen molar-refractivity contribution in [3.8, 4) is 5.75 Å². The lowest BCUT2D eigenvalue weighted by Crippen LogP contribution is -2.04. The predicted molar refractivity (Wildman–Crippen MR) is 130 cm³/mol. The van der Waals surface area contributed by atoms with Crippen molar-refractivity contribution in [3.63, 3.8) is 0 Å². The monoisotopic (exact) mass is 450 g/mol. The van der Waals surface area contributed by atoms with Crippen molar-refractivity contribution in [1.82, 2.24) is 9.97 Å². The molecule has 0 spiro atoms. The Kier molecular flexibility index (Phi) is 8.82. The number of aromatic amines is 1. The van der Waals surface area contributed by atoms with E-state index in [1.54, 1.807) is 0 Å². The molecule has 0 saturated carbocycles. The Labute approximate surface area is 191 Å². The number of hydrogen-bond acceptors (Lipinski definition) is 7. The Morgan fingerprint density at radius 1 is 1.06 bits per heavy atom. The number of aromatic nitrogens is 2. The van der Waals surface area contributed by atoms with Gasteiger partial charge in [0, 0.05) is 30.2 Å². The fraction of sp³-hybridized carbons (Fsp3) is 0.167. The van der Waals surface area contributed by atoms with Gasteiger partial charge >= 0.3 is 0 Å². The van der Waals surface area contributed by atoms with Gasteiger partial charge in [-0.3, -0.25) is 4.79 Å². The molecule has 1 aromatic heterocycles. The second-order valence-corrected chi connectivity index (χ2v) is 7.50. The molecule has 8 heteroatoms. The van der Waals surface area contributed by atoms with E-state index in [0.29, 0.717) is 6.47 Å². The second kappa shape index (κ2) is 12.3. The molecule has 4 rings (SSSR count). The van der Waals surface area contributed by atoms with Gasteiger partial charge in [0.1, 0.15) is 5.75 Å². The summed E-state index contributed by atoms with van der Waals surface area (Å²) < 4.78 is 9.71. The van der Waals surface area contributed by atoms with Crippen molar-refractivity contribution in [2.45, 2.75) is 11.3 Å². The molecule has 0 atom stereocenters. The third-order valence-corrected chi connectivity index (χ3v) is 5.20. The van der Waals surface area contributed by atoms with Gasteiger partial charge in [-0.15, -0.1) is 0 Å². The summed E-state index contributed by atoms with van der Waals surface area (Å²) in [4.78, 5) is 17.6. The van der Waals surface area contributed by atoms with E-state index < -0.39 is 0 Å². The van der Waals surface area contributed by atoms with Gasteiger partial charge in [0.2, 0.25) is 5.95 Å². The first-order chi connectivity index (χ1) is 15.7. The minimum Gasteiger partial charge on any atom is -0.471 e. The van der Waals surface area contributed by atoms with E-state index in [9.17, 15) is 0 Å². The molecule has 32 heavy (non-hydrogen) atoms. The molecular formula is C24H26N4O3S. The van der Waals surface area contributed by atoms with Crippen LogP contribution in [0.1, 0.15) is 5.56 Å². The highest BCUT2D eigenvalue weighted by molar-refractivity contribution is 7.95. The van der Waals surface area contributed by atoms with E-state index in [0.717, 1.165) is 46.3 Å². The Morgan fingerprint density at radius 3 is 2.50 bits per heavy atom. The minimum absolute atomic E-state index is 0.375. The lowest BCUT2D eigenvalue weighted by atomic mass is 10.1. The van der Waals surface area contributed by atoms with Crippen molar-refractivity contribution < 1.29 is 13.7 Å². The first kappa shape index (κ1) is 23.0. The Hall–Kier alpha value is -3.65. The smallest absolute Gasteiger partial charge is 0.292 e. The normalized spacial score (nSPS) is 10.1. The third-order valence-electron chi connectivity index (χ3n) is 4.46. The van der Waals surface area contributed by atoms with E-state index in [4.69, 9.17) is 8.98 Å². The van der Waals surface area contributed by atoms with Crippen molar-refractivity contribution in [3.05, 3.63) is 78.4 Å². The summed E-state index contributed by atoms with van der Waals surface area (Å²) in [6, 6.07) is 24.6. The Balaban J connectivity index is 0.000000668. The molecule has 0 fully saturated rings. The van der Waals surface area contributed by atoms with Gasteiger partial charge in [0.15, 0.2) is 0 Å². The van der Waals surface area contributed by atoms with Crippen LogP contribution in [0.25, 0.3) is 11.0 Å². The lowest BCUT2D eigenvalue weighted by molar-refractivity contribution is -0.126. The fourth-order valence-corrected chi connectivity index (χ4v) is 3.42. The summed E-state index contributed by atoms with van der Waals surface area (Å²) in [7, 11) is 3.15. The topological polar surface area (TPSA) is 88.3 Å². The number of benzene rings is 3. The Bertz CT molecular complexity index is 1100. The molecule has 0 amide bonds. The van der Waals surface area contributed by atoms with Crippen LogP contribution in [0.2, 0.25) is 0 Å². The minimum atomic E-state index is 0.375. The number of H-pyrrole nitrogens is 1. The molecule has 0 aliphatic carbocycles. The summed E-state index contributed by atoms with van der Waals surface area (Å²) in [6.45, 7) is 1.28. The van der Waals surface area contributed by atoms with Crippen LogP contribution in [0.4, 0.5) is 11.6 Å². The maximum atomic E-state index is 8.95. The molecular weight excluding hydrogens is 424 g/mol. The summed E-state index contributed by atoms with van der Waals surface area (Å²) in [5.74, 6) is 1.53. The van der Waals surface area contributed by atoms with Crippen LogP contribution >= 0.6 is 12.0 Å². The predicted octanol–water partition coefficient (Wildman–Crippen LogP) is 5.13. The Morgan fingerprint density at radius 2 is 1.81 bits per heavy atom. The molecule has 0 unspecified atom stereocenters. The number of carbonyl (C=O) groups is 1. The molecule has 4 aromatic rings. The molecule has 3 N–H and O–H groups in total. The molecule has 0 aliphatic rings. The number of nitrogens with one attached hydrogen (secondary N) is 3. The molecule has 0 saturated heterocycles. The van der Waals surface area contributed by atoms with E-state index >= 15 is 0 Å². The van der Waals surface area contributed by atoms with Crippen LogP contribution in [-0.4, -0.2) is 37.1 Å². The van der Waals surface area contributed by atoms with Crippen LogP contribution in [0.5, 0.6) is 5.75 Å². The number of fused-ring (bicyclic) bond motifs is 1. The van der Waals surface area contributed by atoms with Gasteiger partial charge in [-0.1, -0.05) is 30.3 Å². The number of imidazole rings is 1. The van der Waals surface area contributed by atoms with E-state index in [2.05, 4.69) is 73.9 Å². The summed E-state index contributed by atoms with van der Waals surface area (Å²) in [5.41, 5.74) is 4.30. The summed E-state index contributed by atoms with van der Waals surface area (Å²) in [5, 5.41) is 6.46. The van der Waals surface area contributed by atoms with E-state index in [1.807, 2.05) is 31.3 Å². The SMILES string of the molecule is CNc1nc2ccc(OSc3ccc(NCCc4ccccc4)cc3)cc2[nH]1.COC=O. The lowest BCUT2D eigenvalue weighted by Gasteiger charge is -2.08. The molecule has 0 radical (unpaired) electrons. The van der Waals surface area contributed by atoms with Crippen LogP contribution < -0.4 is 14.8 Å². The van der Waals surface area contributed by atoms with Crippen molar-refractivity contribution >= 4 is 41.2 Å². The maximum Gasteiger partial charge on any atom is 0.292 e. The average molecular weight is 451 g/mol. The highest BCUT2D eigenvalue weighted by Gasteiger charge is 2.04. The van der Waals surface area contributed by atoms with Gasteiger partial charge in [0.25, 0.3) is 6.47 Å². The van der Waals surface area contributed by atoms with E-state index in [-0.39, 0.29) is 0 Å². The number of rotatable bonds is 9.